The van der Waals surface area contributed by atoms with Gasteiger partial charge in [0.15, 0.2) is 0 Å². The van der Waals surface area contributed by atoms with Gasteiger partial charge in [-0.3, -0.25) is 9.36 Å². The van der Waals surface area contributed by atoms with Crippen molar-refractivity contribution >= 4 is 5.95 Å². The van der Waals surface area contributed by atoms with Crippen molar-refractivity contribution in [2.45, 2.75) is 32.4 Å². The molecule has 1 fully saturated rings. The van der Waals surface area contributed by atoms with Crippen LogP contribution in [0.5, 0.6) is 0 Å². The molecule has 1 aliphatic heterocycles. The highest BCUT2D eigenvalue weighted by Crippen LogP contribution is 2.18. The maximum absolute atomic E-state index is 12.6. The third kappa shape index (κ3) is 3.14. The number of nitrogens with two attached hydrogens (primary N) is 1. The minimum atomic E-state index is -0.188. The molecule has 24 heavy (non-hydrogen) atoms. The first-order chi connectivity index (χ1) is 11.6. The summed E-state index contributed by atoms with van der Waals surface area (Å²) in [6, 6.07) is 9.51. The fourth-order valence-corrected chi connectivity index (χ4v) is 3.01. The summed E-state index contributed by atoms with van der Waals surface area (Å²) in [5.74, 6) is 0.522. The molecule has 3 rings (SSSR count). The lowest BCUT2D eigenvalue weighted by Crippen LogP contribution is -2.46. The zero-order valence-electron chi connectivity index (χ0n) is 13.6. The average molecular weight is 324 g/mol. The number of nitriles is 1. The second-order valence-corrected chi connectivity index (χ2v) is 6.09. The fourth-order valence-electron chi connectivity index (χ4n) is 3.01. The van der Waals surface area contributed by atoms with E-state index in [1.165, 1.54) is 0 Å². The molecule has 7 heteroatoms. The van der Waals surface area contributed by atoms with Gasteiger partial charge < -0.3 is 10.6 Å². The van der Waals surface area contributed by atoms with Gasteiger partial charge in [-0.1, -0.05) is 18.2 Å². The first kappa shape index (κ1) is 16.1. The molecule has 7 nitrogen and oxygen atoms in total. The molecule has 2 aromatic rings. The van der Waals surface area contributed by atoms with Gasteiger partial charge in [-0.05, 0) is 31.4 Å². The largest absolute Gasteiger partial charge is 0.339 e. The Hall–Kier alpha value is -2.72. The SMILES string of the molecule is Cc1nnc(N2CCC[C@@H](N)C2)n(Cc2ccccc2C#N)c1=O. The van der Waals surface area contributed by atoms with E-state index in [-0.39, 0.29) is 11.6 Å². The van der Waals surface area contributed by atoms with Gasteiger partial charge in [-0.2, -0.15) is 5.26 Å². The molecule has 0 radical (unpaired) electrons. The zero-order valence-corrected chi connectivity index (χ0v) is 13.6. The molecule has 1 aromatic carbocycles. The van der Waals surface area contributed by atoms with Crippen LogP contribution in [0.25, 0.3) is 0 Å². The van der Waals surface area contributed by atoms with E-state index in [1.54, 1.807) is 17.6 Å². The molecular weight excluding hydrogens is 304 g/mol. The van der Waals surface area contributed by atoms with Crippen LogP contribution in [0, 0.1) is 18.3 Å². The molecule has 1 atom stereocenters. The highest BCUT2D eigenvalue weighted by molar-refractivity contribution is 5.39. The predicted octanol–water partition coefficient (Wildman–Crippen LogP) is 0.794. The number of aromatic nitrogens is 3. The summed E-state index contributed by atoms with van der Waals surface area (Å²) in [6.07, 6.45) is 1.93. The Morgan fingerprint density at radius 2 is 2.17 bits per heavy atom. The second kappa shape index (κ2) is 6.81. The molecule has 0 saturated carbocycles. The lowest BCUT2D eigenvalue weighted by atomic mass is 10.1. The van der Waals surface area contributed by atoms with E-state index in [1.807, 2.05) is 23.1 Å². The Morgan fingerprint density at radius 3 is 2.92 bits per heavy atom. The van der Waals surface area contributed by atoms with Gasteiger partial charge in [0.2, 0.25) is 5.95 Å². The highest BCUT2D eigenvalue weighted by Gasteiger charge is 2.22. The van der Waals surface area contributed by atoms with Gasteiger partial charge in [0.1, 0.15) is 5.69 Å². The van der Waals surface area contributed by atoms with E-state index in [0.717, 1.165) is 24.9 Å². The Bertz CT molecular complexity index is 838. The molecular formula is C17H20N6O. The maximum Gasteiger partial charge on any atom is 0.276 e. The monoisotopic (exact) mass is 324 g/mol. The number of benzene rings is 1. The molecule has 0 bridgehead atoms. The van der Waals surface area contributed by atoms with Gasteiger partial charge >= 0.3 is 0 Å². The van der Waals surface area contributed by atoms with Crippen LogP contribution in [0.15, 0.2) is 29.1 Å². The normalized spacial score (nSPS) is 17.5. The van der Waals surface area contributed by atoms with Gasteiger partial charge in [-0.15, -0.1) is 10.2 Å². The van der Waals surface area contributed by atoms with E-state index in [2.05, 4.69) is 16.3 Å². The first-order valence-corrected chi connectivity index (χ1v) is 8.03. The van der Waals surface area contributed by atoms with Gasteiger partial charge in [0, 0.05) is 19.1 Å². The van der Waals surface area contributed by atoms with Crippen LogP contribution in [-0.2, 0) is 6.54 Å². The Kier molecular flexibility index (Phi) is 4.58. The summed E-state index contributed by atoms with van der Waals surface area (Å²) in [5, 5.41) is 17.5. The summed E-state index contributed by atoms with van der Waals surface area (Å²) in [7, 11) is 0. The summed E-state index contributed by atoms with van der Waals surface area (Å²) in [5.41, 5.74) is 7.56. The summed E-state index contributed by atoms with van der Waals surface area (Å²) < 4.78 is 1.59. The van der Waals surface area contributed by atoms with Crippen LogP contribution in [0.1, 0.15) is 29.7 Å². The van der Waals surface area contributed by atoms with Gasteiger partial charge in [0.25, 0.3) is 5.56 Å². The third-order valence-electron chi connectivity index (χ3n) is 4.29. The smallest absolute Gasteiger partial charge is 0.276 e. The summed E-state index contributed by atoms with van der Waals surface area (Å²) >= 11 is 0. The molecule has 0 unspecified atom stereocenters. The van der Waals surface area contributed by atoms with Crippen molar-refractivity contribution in [1.29, 1.82) is 5.26 Å². The molecule has 2 N–H and O–H groups in total. The first-order valence-electron chi connectivity index (χ1n) is 8.03. The number of aryl methyl sites for hydroxylation is 1. The van der Waals surface area contributed by atoms with Crippen LogP contribution >= 0.6 is 0 Å². The summed E-state index contributed by atoms with van der Waals surface area (Å²) in [6.45, 7) is 3.38. The average Bonchev–Trinajstić information content (AvgIpc) is 2.59. The topological polar surface area (TPSA) is 101 Å². The van der Waals surface area contributed by atoms with Crippen molar-refractivity contribution in [3.63, 3.8) is 0 Å². The molecule has 0 spiro atoms. The maximum atomic E-state index is 12.6. The van der Waals surface area contributed by atoms with Crippen molar-refractivity contribution in [3.8, 4) is 6.07 Å². The number of hydrogen-bond acceptors (Lipinski definition) is 6. The van der Waals surface area contributed by atoms with E-state index in [4.69, 9.17) is 5.73 Å². The minimum absolute atomic E-state index is 0.0665. The van der Waals surface area contributed by atoms with Crippen LogP contribution in [0.2, 0.25) is 0 Å². The molecule has 1 aromatic heterocycles. The molecule has 124 valence electrons. The van der Waals surface area contributed by atoms with Crippen LogP contribution in [0.4, 0.5) is 5.95 Å². The van der Waals surface area contributed by atoms with Crippen molar-refractivity contribution in [2.75, 3.05) is 18.0 Å². The quantitative estimate of drug-likeness (QED) is 0.896. The Morgan fingerprint density at radius 1 is 1.38 bits per heavy atom. The minimum Gasteiger partial charge on any atom is -0.339 e. The van der Waals surface area contributed by atoms with Crippen molar-refractivity contribution in [1.82, 2.24) is 14.8 Å². The Labute approximate surface area is 140 Å². The van der Waals surface area contributed by atoms with E-state index in [0.29, 0.717) is 30.3 Å². The lowest BCUT2D eigenvalue weighted by molar-refractivity contribution is 0.487. The number of rotatable bonds is 3. The molecule has 2 heterocycles. The highest BCUT2D eigenvalue weighted by atomic mass is 16.1. The van der Waals surface area contributed by atoms with Crippen molar-refractivity contribution in [2.24, 2.45) is 5.73 Å². The predicted molar refractivity (Wildman–Crippen MR) is 90.7 cm³/mol. The summed E-state index contributed by atoms with van der Waals surface area (Å²) in [4.78, 5) is 14.6. The van der Waals surface area contributed by atoms with E-state index < -0.39 is 0 Å². The number of piperidine rings is 1. The van der Waals surface area contributed by atoms with Gasteiger partial charge in [0.05, 0.1) is 18.2 Å². The van der Waals surface area contributed by atoms with E-state index >= 15 is 0 Å². The molecule has 0 amide bonds. The molecule has 1 aliphatic rings. The lowest BCUT2D eigenvalue weighted by Gasteiger charge is -2.32. The number of anilines is 1. The fraction of sp³-hybridized carbons (Fsp3) is 0.412. The number of hydrogen-bond donors (Lipinski definition) is 1. The standard InChI is InChI=1S/C17H20N6O/c1-12-16(24)23(10-14-6-3-2-5-13(14)9-18)17(21-20-12)22-8-4-7-15(19)11-22/h2-3,5-6,15H,4,7-8,10-11,19H2,1H3/t15-/m1/s1. The zero-order chi connectivity index (χ0) is 17.1. The Balaban J connectivity index is 2.04. The second-order valence-electron chi connectivity index (χ2n) is 6.09. The third-order valence-corrected chi connectivity index (χ3v) is 4.29. The van der Waals surface area contributed by atoms with Crippen molar-refractivity contribution < 1.29 is 0 Å². The molecule has 0 aliphatic carbocycles. The number of nitrogens with zero attached hydrogens (tertiary/aromatic N) is 5. The van der Waals surface area contributed by atoms with Crippen molar-refractivity contribution in [3.05, 3.63) is 51.4 Å². The van der Waals surface area contributed by atoms with Crippen LogP contribution in [-0.4, -0.2) is 33.9 Å². The van der Waals surface area contributed by atoms with E-state index in [9.17, 15) is 10.1 Å². The van der Waals surface area contributed by atoms with Crippen LogP contribution < -0.4 is 16.2 Å². The van der Waals surface area contributed by atoms with Crippen LogP contribution in [0.3, 0.4) is 0 Å². The molecule has 1 saturated heterocycles. The van der Waals surface area contributed by atoms with Gasteiger partial charge in [-0.25, -0.2) is 0 Å².